The molecule has 2 aromatic carbocycles. The van der Waals surface area contributed by atoms with Gasteiger partial charge in [0, 0.05) is 18.0 Å². The molecule has 3 aliphatic rings. The van der Waals surface area contributed by atoms with E-state index < -0.39 is 0 Å². The van der Waals surface area contributed by atoms with Crippen LogP contribution in [0.5, 0.6) is 0 Å². The number of carbonyl (C=O) groups is 3. The number of amides is 3. The molecule has 2 aromatic rings. The summed E-state index contributed by atoms with van der Waals surface area (Å²) in [7, 11) is 0. The average molecular weight is 489 g/mol. The van der Waals surface area contributed by atoms with Crippen molar-refractivity contribution in [2.24, 2.45) is 23.5 Å². The van der Waals surface area contributed by atoms with Crippen molar-refractivity contribution < 1.29 is 14.4 Å². The molecule has 3 unspecified atom stereocenters. The Morgan fingerprint density at radius 2 is 1.81 bits per heavy atom. The van der Waals surface area contributed by atoms with Gasteiger partial charge >= 0.3 is 0 Å². The van der Waals surface area contributed by atoms with E-state index in [1.54, 1.807) is 17.0 Å². The molecule has 7 nitrogen and oxygen atoms in total. The van der Waals surface area contributed by atoms with E-state index in [9.17, 15) is 14.4 Å². The van der Waals surface area contributed by atoms with E-state index in [0.717, 1.165) is 43.2 Å². The van der Waals surface area contributed by atoms with Crippen molar-refractivity contribution in [3.8, 4) is 0 Å². The Labute approximate surface area is 212 Å². The molecule has 2 aliphatic carbocycles. The standard InChI is InChI=1S/C29H36N4O3/c1-18-5-7-21(8-6-18)26-15-27(34)32-24-14-23(11-12-25(24)33(26)29(36)22-9-10-22)28(35)31-17-20-4-2-3-19(13-20)16-30/h5-8,11-12,14,19-20,22,26H,2-4,9-10,13,15-17,30H2,1H3,(H,31,35)(H,32,34). The normalized spacial score (nSPS) is 23.9. The quantitative estimate of drug-likeness (QED) is 0.563. The van der Waals surface area contributed by atoms with Crippen molar-refractivity contribution >= 4 is 29.1 Å². The fraction of sp³-hybridized carbons (Fsp3) is 0.483. The molecule has 190 valence electrons. The molecule has 2 fully saturated rings. The Morgan fingerprint density at radius 3 is 2.53 bits per heavy atom. The minimum atomic E-state index is -0.388. The second-order valence-electron chi connectivity index (χ2n) is 10.7. The van der Waals surface area contributed by atoms with Gasteiger partial charge in [0.1, 0.15) is 0 Å². The molecule has 5 rings (SSSR count). The number of carbonyl (C=O) groups excluding carboxylic acids is 3. The van der Waals surface area contributed by atoms with E-state index in [0.29, 0.717) is 41.9 Å². The first-order valence-electron chi connectivity index (χ1n) is 13.2. The molecule has 0 saturated heterocycles. The number of nitrogens with one attached hydrogen (secondary N) is 2. The van der Waals surface area contributed by atoms with E-state index in [-0.39, 0.29) is 36.1 Å². The van der Waals surface area contributed by atoms with E-state index >= 15 is 0 Å². The molecule has 0 bridgehead atoms. The maximum absolute atomic E-state index is 13.5. The Balaban J connectivity index is 1.40. The SMILES string of the molecule is Cc1ccc(C2CC(=O)Nc3cc(C(=O)NCC4CCCC(CN)C4)ccc3N2C(=O)C2CC2)cc1. The van der Waals surface area contributed by atoms with Gasteiger partial charge in [0.2, 0.25) is 11.8 Å². The molecule has 7 heteroatoms. The van der Waals surface area contributed by atoms with E-state index in [4.69, 9.17) is 5.73 Å². The number of fused-ring (bicyclic) bond motifs is 1. The highest BCUT2D eigenvalue weighted by Crippen LogP contribution is 2.43. The summed E-state index contributed by atoms with van der Waals surface area (Å²) in [5.74, 6) is 0.692. The zero-order valence-electron chi connectivity index (χ0n) is 21.0. The summed E-state index contributed by atoms with van der Waals surface area (Å²) in [5.41, 5.74) is 9.56. The van der Waals surface area contributed by atoms with Crippen LogP contribution in [-0.4, -0.2) is 30.8 Å². The van der Waals surface area contributed by atoms with E-state index in [1.165, 1.54) is 6.42 Å². The Morgan fingerprint density at radius 1 is 1.06 bits per heavy atom. The molecule has 0 aromatic heterocycles. The van der Waals surface area contributed by atoms with Crippen LogP contribution in [0.25, 0.3) is 0 Å². The van der Waals surface area contributed by atoms with Gasteiger partial charge in [-0.2, -0.15) is 0 Å². The number of aryl methyl sites for hydroxylation is 1. The van der Waals surface area contributed by atoms with Crippen molar-refractivity contribution in [2.75, 3.05) is 23.3 Å². The lowest BCUT2D eigenvalue weighted by molar-refractivity contribution is -0.120. The van der Waals surface area contributed by atoms with Gasteiger partial charge in [0.05, 0.1) is 23.8 Å². The van der Waals surface area contributed by atoms with Crippen molar-refractivity contribution in [1.82, 2.24) is 5.32 Å². The molecule has 1 aliphatic heterocycles. The highest BCUT2D eigenvalue weighted by Gasteiger charge is 2.40. The van der Waals surface area contributed by atoms with Crippen LogP contribution in [0.15, 0.2) is 42.5 Å². The van der Waals surface area contributed by atoms with Gasteiger partial charge in [-0.05, 0) is 81.2 Å². The smallest absolute Gasteiger partial charge is 0.251 e. The Hall–Kier alpha value is -3.19. The van der Waals surface area contributed by atoms with Gasteiger partial charge in [-0.1, -0.05) is 36.2 Å². The molecule has 36 heavy (non-hydrogen) atoms. The van der Waals surface area contributed by atoms with Crippen molar-refractivity contribution in [2.45, 2.75) is 57.9 Å². The van der Waals surface area contributed by atoms with Gasteiger partial charge in [0.25, 0.3) is 5.91 Å². The monoisotopic (exact) mass is 488 g/mol. The molecule has 4 N–H and O–H groups in total. The van der Waals surface area contributed by atoms with Crippen molar-refractivity contribution in [1.29, 1.82) is 0 Å². The fourth-order valence-electron chi connectivity index (χ4n) is 5.62. The summed E-state index contributed by atoms with van der Waals surface area (Å²) in [5, 5.41) is 6.04. The first kappa shape index (κ1) is 24.5. The summed E-state index contributed by atoms with van der Waals surface area (Å²) in [6, 6.07) is 12.9. The highest BCUT2D eigenvalue weighted by molar-refractivity contribution is 6.07. The lowest BCUT2D eigenvalue weighted by atomic mass is 9.81. The number of anilines is 2. The van der Waals surface area contributed by atoms with Gasteiger partial charge in [-0.3, -0.25) is 14.4 Å². The predicted octanol–water partition coefficient (Wildman–Crippen LogP) is 4.32. The first-order valence-corrected chi connectivity index (χ1v) is 13.2. The third kappa shape index (κ3) is 5.31. The second-order valence-corrected chi connectivity index (χ2v) is 10.7. The van der Waals surface area contributed by atoms with Crippen LogP contribution in [0.1, 0.15) is 72.5 Å². The number of benzene rings is 2. The number of hydrogen-bond acceptors (Lipinski definition) is 4. The average Bonchev–Trinajstić information content (AvgIpc) is 3.74. The van der Waals surface area contributed by atoms with Crippen LogP contribution in [0.4, 0.5) is 11.4 Å². The van der Waals surface area contributed by atoms with Crippen molar-refractivity contribution in [3.05, 3.63) is 59.2 Å². The van der Waals surface area contributed by atoms with Gasteiger partial charge in [-0.15, -0.1) is 0 Å². The minimum Gasteiger partial charge on any atom is -0.352 e. The van der Waals surface area contributed by atoms with Crippen LogP contribution in [0, 0.1) is 24.7 Å². The molecule has 3 atom stereocenters. The third-order valence-electron chi connectivity index (χ3n) is 7.88. The van der Waals surface area contributed by atoms with Crippen LogP contribution in [0.3, 0.4) is 0 Å². The topological polar surface area (TPSA) is 105 Å². The molecule has 0 spiro atoms. The number of hydrogen-bond donors (Lipinski definition) is 3. The third-order valence-corrected chi connectivity index (χ3v) is 7.88. The molecular weight excluding hydrogens is 452 g/mol. The first-order chi connectivity index (χ1) is 17.4. The number of rotatable bonds is 6. The molecule has 0 radical (unpaired) electrons. The second kappa shape index (κ2) is 10.4. The summed E-state index contributed by atoms with van der Waals surface area (Å²) in [6.45, 7) is 3.35. The largest absolute Gasteiger partial charge is 0.352 e. The summed E-state index contributed by atoms with van der Waals surface area (Å²) in [6.07, 6.45) is 6.40. The molecular formula is C29H36N4O3. The Bertz CT molecular complexity index is 1140. The molecule has 3 amide bonds. The highest BCUT2D eigenvalue weighted by atomic mass is 16.2. The summed E-state index contributed by atoms with van der Waals surface area (Å²) in [4.78, 5) is 41.2. The van der Waals surface area contributed by atoms with Gasteiger partial charge in [0.15, 0.2) is 0 Å². The summed E-state index contributed by atoms with van der Waals surface area (Å²) >= 11 is 0. The lowest BCUT2D eigenvalue weighted by Gasteiger charge is -2.31. The number of nitrogens with two attached hydrogens (primary N) is 1. The molecule has 2 saturated carbocycles. The predicted molar refractivity (Wildman–Crippen MR) is 141 cm³/mol. The van der Waals surface area contributed by atoms with Crippen LogP contribution < -0.4 is 21.3 Å². The van der Waals surface area contributed by atoms with Gasteiger partial charge in [-0.25, -0.2) is 0 Å². The zero-order valence-corrected chi connectivity index (χ0v) is 21.0. The van der Waals surface area contributed by atoms with Crippen LogP contribution in [0.2, 0.25) is 0 Å². The summed E-state index contributed by atoms with van der Waals surface area (Å²) < 4.78 is 0. The van der Waals surface area contributed by atoms with Crippen LogP contribution >= 0.6 is 0 Å². The maximum atomic E-state index is 13.5. The molecule has 1 heterocycles. The minimum absolute atomic E-state index is 0.00480. The number of nitrogens with zero attached hydrogens (tertiary/aromatic N) is 1. The van der Waals surface area contributed by atoms with E-state index in [1.807, 2.05) is 37.3 Å². The Kier molecular flexibility index (Phi) is 7.10. The van der Waals surface area contributed by atoms with Crippen molar-refractivity contribution in [3.63, 3.8) is 0 Å². The van der Waals surface area contributed by atoms with E-state index in [2.05, 4.69) is 10.6 Å². The maximum Gasteiger partial charge on any atom is 0.251 e. The van der Waals surface area contributed by atoms with Gasteiger partial charge < -0.3 is 21.3 Å². The zero-order chi connectivity index (χ0) is 25.2. The lowest BCUT2D eigenvalue weighted by Crippen LogP contribution is -2.36. The van der Waals surface area contributed by atoms with Crippen LogP contribution in [-0.2, 0) is 9.59 Å². The fourth-order valence-corrected chi connectivity index (χ4v) is 5.62.